The summed E-state index contributed by atoms with van der Waals surface area (Å²) in [6, 6.07) is 9.85. The van der Waals surface area contributed by atoms with Crippen LogP contribution in [0.4, 0.5) is 33.5 Å². The van der Waals surface area contributed by atoms with E-state index in [4.69, 9.17) is 16.3 Å². The minimum absolute atomic E-state index is 0.00110. The third kappa shape index (κ3) is 7.26. The van der Waals surface area contributed by atoms with Crippen LogP contribution in [0.2, 0.25) is 5.02 Å². The number of fused-ring (bicyclic) bond motifs is 2. The Kier molecular flexibility index (Phi) is 9.83. The smallest absolute Gasteiger partial charge is 0.401 e. The van der Waals surface area contributed by atoms with Crippen molar-refractivity contribution < 1.29 is 31.5 Å². The van der Waals surface area contributed by atoms with Crippen LogP contribution in [0, 0.1) is 17.1 Å². The van der Waals surface area contributed by atoms with Gasteiger partial charge in [-0.05, 0) is 31.0 Å². The Bertz CT molecular complexity index is 1680. The van der Waals surface area contributed by atoms with E-state index in [9.17, 15) is 32.0 Å². The Morgan fingerprint density at radius 1 is 1.20 bits per heavy atom. The standard InChI is InChI=1S/C31H31ClF5N7O2/c1-19(33)29(45)44-13-12-43(16-21(44)8-10-38)28-22-9-11-42(25-5-3-4-20-6-7-23(34)27(32)26(20)25)17-24(22)39-30(40-28)46-15-14-41(2)18-31(35,36)37/h3-7,21H,1,8-9,11-18H2,2H3/t21-/m0/s1. The topological polar surface area (TPSA) is 88.8 Å². The minimum Gasteiger partial charge on any atom is -0.462 e. The summed E-state index contributed by atoms with van der Waals surface area (Å²) < 4.78 is 72.5. The molecule has 1 amide bonds. The first-order chi connectivity index (χ1) is 21.9. The normalized spacial score (nSPS) is 16.8. The van der Waals surface area contributed by atoms with Crippen molar-refractivity contribution in [1.82, 2.24) is 19.8 Å². The summed E-state index contributed by atoms with van der Waals surface area (Å²) in [4.78, 5) is 28.0. The third-order valence-electron chi connectivity index (χ3n) is 8.03. The lowest BCUT2D eigenvalue weighted by atomic mass is 10.0. The van der Waals surface area contributed by atoms with Crippen LogP contribution in [0.3, 0.4) is 0 Å². The van der Waals surface area contributed by atoms with Gasteiger partial charge < -0.3 is 19.4 Å². The molecule has 46 heavy (non-hydrogen) atoms. The average molecular weight is 664 g/mol. The fraction of sp³-hybridized carbons (Fsp3) is 0.419. The van der Waals surface area contributed by atoms with Crippen molar-refractivity contribution in [3.8, 4) is 12.1 Å². The molecule has 0 spiro atoms. The lowest BCUT2D eigenvalue weighted by Gasteiger charge is -2.42. The zero-order valence-electron chi connectivity index (χ0n) is 25.0. The van der Waals surface area contributed by atoms with Crippen molar-refractivity contribution in [2.75, 3.05) is 62.7 Å². The number of halogens is 6. The molecule has 0 unspecified atom stereocenters. The summed E-state index contributed by atoms with van der Waals surface area (Å²) in [5.41, 5.74) is 2.09. The molecule has 2 aromatic carbocycles. The average Bonchev–Trinajstić information content (AvgIpc) is 3.01. The van der Waals surface area contributed by atoms with Gasteiger partial charge in [-0.15, -0.1) is 0 Å². The highest BCUT2D eigenvalue weighted by Gasteiger charge is 2.35. The van der Waals surface area contributed by atoms with Crippen molar-refractivity contribution in [3.63, 3.8) is 0 Å². The molecule has 0 saturated carbocycles. The molecule has 0 N–H and O–H groups in total. The highest BCUT2D eigenvalue weighted by Crippen LogP contribution is 2.38. The number of piperazine rings is 1. The highest BCUT2D eigenvalue weighted by atomic mass is 35.5. The maximum atomic E-state index is 14.5. The summed E-state index contributed by atoms with van der Waals surface area (Å²) >= 11 is 6.41. The van der Waals surface area contributed by atoms with Crippen molar-refractivity contribution in [2.24, 2.45) is 0 Å². The minimum atomic E-state index is -4.36. The van der Waals surface area contributed by atoms with Crippen molar-refractivity contribution in [3.05, 3.63) is 64.8 Å². The Labute approximate surface area is 267 Å². The van der Waals surface area contributed by atoms with E-state index in [-0.39, 0.29) is 56.8 Å². The molecule has 0 aliphatic carbocycles. The van der Waals surface area contributed by atoms with Gasteiger partial charge in [0.15, 0.2) is 5.83 Å². The second kappa shape index (κ2) is 13.6. The number of aromatic nitrogens is 2. The number of nitrogens with zero attached hydrogens (tertiary/aromatic N) is 7. The number of hydrogen-bond acceptors (Lipinski definition) is 8. The Balaban J connectivity index is 1.47. The van der Waals surface area contributed by atoms with Gasteiger partial charge >= 0.3 is 12.2 Å². The van der Waals surface area contributed by atoms with Crippen LogP contribution in [-0.4, -0.2) is 90.8 Å². The first kappa shape index (κ1) is 33.2. The Morgan fingerprint density at radius 2 is 1.98 bits per heavy atom. The second-order valence-electron chi connectivity index (χ2n) is 11.2. The maximum absolute atomic E-state index is 14.5. The van der Waals surface area contributed by atoms with Crippen molar-refractivity contribution >= 4 is 39.8 Å². The van der Waals surface area contributed by atoms with E-state index in [2.05, 4.69) is 16.5 Å². The van der Waals surface area contributed by atoms with Crippen LogP contribution in [0.25, 0.3) is 10.8 Å². The van der Waals surface area contributed by atoms with Crippen LogP contribution in [-0.2, 0) is 17.8 Å². The van der Waals surface area contributed by atoms with Gasteiger partial charge in [-0.1, -0.05) is 36.4 Å². The summed E-state index contributed by atoms with van der Waals surface area (Å²) in [6.45, 7) is 3.14. The van der Waals surface area contributed by atoms with Gasteiger partial charge in [0, 0.05) is 49.4 Å². The van der Waals surface area contributed by atoms with E-state index in [0.29, 0.717) is 35.6 Å². The van der Waals surface area contributed by atoms with Crippen LogP contribution in [0.15, 0.2) is 42.7 Å². The van der Waals surface area contributed by atoms with E-state index < -0.39 is 36.3 Å². The number of likely N-dealkylation sites (N-methyl/N-ethyl adjacent to an activating group) is 1. The van der Waals surface area contributed by atoms with Gasteiger partial charge in [-0.3, -0.25) is 9.69 Å². The fourth-order valence-electron chi connectivity index (χ4n) is 5.90. The third-order valence-corrected chi connectivity index (χ3v) is 8.40. The molecule has 2 aliphatic rings. The lowest BCUT2D eigenvalue weighted by Crippen LogP contribution is -2.55. The number of amides is 1. The number of alkyl halides is 3. The molecule has 1 saturated heterocycles. The Hall–Kier alpha value is -4.22. The van der Waals surface area contributed by atoms with E-state index in [1.54, 1.807) is 6.07 Å². The predicted molar refractivity (Wildman–Crippen MR) is 163 cm³/mol. The number of nitriles is 1. The number of carbonyl (C=O) groups excluding carboxylic acids is 1. The maximum Gasteiger partial charge on any atom is 0.401 e. The van der Waals surface area contributed by atoms with Gasteiger partial charge in [0.25, 0.3) is 5.91 Å². The molecule has 3 heterocycles. The van der Waals surface area contributed by atoms with E-state index in [1.165, 1.54) is 18.0 Å². The van der Waals surface area contributed by atoms with E-state index >= 15 is 0 Å². The lowest BCUT2D eigenvalue weighted by molar-refractivity contribution is -0.143. The zero-order chi connectivity index (χ0) is 33.2. The molecule has 5 rings (SSSR count). The molecular weight excluding hydrogens is 633 g/mol. The summed E-state index contributed by atoms with van der Waals surface area (Å²) in [5.74, 6) is -2.04. The van der Waals surface area contributed by atoms with Gasteiger partial charge in [0.1, 0.15) is 18.2 Å². The summed E-state index contributed by atoms with van der Waals surface area (Å²) in [6.07, 6.45) is -3.95. The first-order valence-corrected chi connectivity index (χ1v) is 14.9. The largest absolute Gasteiger partial charge is 0.462 e. The second-order valence-corrected chi connectivity index (χ2v) is 11.6. The number of rotatable bonds is 9. The Morgan fingerprint density at radius 3 is 2.70 bits per heavy atom. The van der Waals surface area contributed by atoms with Gasteiger partial charge in [-0.25, -0.2) is 8.78 Å². The summed E-state index contributed by atoms with van der Waals surface area (Å²) in [7, 11) is 1.33. The molecule has 2 aliphatic heterocycles. The van der Waals surface area contributed by atoms with Crippen LogP contribution in [0.5, 0.6) is 6.01 Å². The number of hydrogen-bond donors (Lipinski definition) is 0. The molecule has 1 fully saturated rings. The monoisotopic (exact) mass is 663 g/mol. The van der Waals surface area contributed by atoms with Gasteiger partial charge in [0.05, 0.1) is 42.3 Å². The van der Waals surface area contributed by atoms with Gasteiger partial charge in [-0.2, -0.15) is 28.4 Å². The molecule has 244 valence electrons. The van der Waals surface area contributed by atoms with Gasteiger partial charge in [0.2, 0.25) is 0 Å². The van der Waals surface area contributed by atoms with Crippen LogP contribution in [0.1, 0.15) is 17.7 Å². The predicted octanol–water partition coefficient (Wildman–Crippen LogP) is 5.27. The van der Waals surface area contributed by atoms with E-state index in [1.807, 2.05) is 34.1 Å². The molecule has 1 atom stereocenters. The number of anilines is 2. The molecule has 0 radical (unpaired) electrons. The van der Waals surface area contributed by atoms with Crippen molar-refractivity contribution in [1.29, 1.82) is 5.26 Å². The SMILES string of the molecule is C=C(F)C(=O)N1CCN(c2nc(OCCN(C)CC(F)(F)F)nc3c2CCN(c2cccc4ccc(F)c(Cl)c24)C3)C[C@@H]1CC#N. The molecule has 9 nitrogen and oxygen atoms in total. The molecular formula is C31H31ClF5N7O2. The quantitative estimate of drug-likeness (QED) is 0.226. The zero-order valence-corrected chi connectivity index (χ0v) is 25.7. The number of carbonyl (C=O) groups is 1. The molecule has 0 bridgehead atoms. The number of ether oxygens (including phenoxy) is 1. The fourth-order valence-corrected chi connectivity index (χ4v) is 6.17. The van der Waals surface area contributed by atoms with Crippen molar-refractivity contribution in [2.45, 2.75) is 31.6 Å². The molecule has 1 aromatic heterocycles. The van der Waals surface area contributed by atoms with Crippen LogP contribution >= 0.6 is 11.6 Å². The summed E-state index contributed by atoms with van der Waals surface area (Å²) in [5, 5.41) is 10.7. The van der Waals surface area contributed by atoms with E-state index in [0.717, 1.165) is 15.8 Å². The molecule has 15 heteroatoms. The number of benzene rings is 2. The first-order valence-electron chi connectivity index (χ1n) is 14.5. The molecule has 3 aromatic rings. The van der Waals surface area contributed by atoms with Crippen LogP contribution < -0.4 is 14.5 Å². The highest BCUT2D eigenvalue weighted by molar-refractivity contribution is 6.36.